The Hall–Kier alpha value is -3.46. The van der Waals surface area contributed by atoms with E-state index in [-0.39, 0.29) is 24.9 Å². The topological polar surface area (TPSA) is 263 Å². The number of hydrogen-bond donors (Lipinski definition) is 8. The minimum atomic E-state index is -1.20. The van der Waals surface area contributed by atoms with E-state index in [1.54, 1.807) is 23.0 Å². The van der Waals surface area contributed by atoms with Crippen LogP contribution < -0.4 is 39.3 Å². The number of thiazole rings is 1. The number of nitrogens with zero attached hydrogens (tertiary/aromatic N) is 3. The van der Waals surface area contributed by atoms with Crippen LogP contribution in [0.2, 0.25) is 0 Å². The summed E-state index contributed by atoms with van der Waals surface area (Å²) >= 11 is 1.60. The van der Waals surface area contributed by atoms with Crippen molar-refractivity contribution in [3.05, 3.63) is 17.1 Å². The summed E-state index contributed by atoms with van der Waals surface area (Å²) in [5.41, 5.74) is 28.2. The summed E-state index contributed by atoms with van der Waals surface area (Å²) in [4.78, 5) is 46.0. The fourth-order valence-corrected chi connectivity index (χ4v) is 2.48. The fraction of sp³-hybridized carbons (Fsp3) is 0.529. The molecule has 1 rings (SSSR count). The van der Waals surface area contributed by atoms with E-state index in [1.807, 2.05) is 5.38 Å². The highest BCUT2D eigenvalue weighted by atomic mass is 32.1. The second-order valence-corrected chi connectivity index (χ2v) is 7.11. The number of amides is 2. The van der Waals surface area contributed by atoms with Crippen molar-refractivity contribution in [3.63, 3.8) is 0 Å². The molecule has 1 aromatic heterocycles. The number of carboxylic acid groups (broad SMARTS) is 1. The van der Waals surface area contributed by atoms with Gasteiger partial charge in [0.25, 0.3) is 0 Å². The molecule has 32 heavy (non-hydrogen) atoms. The van der Waals surface area contributed by atoms with Crippen LogP contribution in [0.3, 0.4) is 0 Å². The number of carbonyl (C=O) groups excluding carboxylic acids is 2. The smallest absolute Gasteiger partial charge is 0.326 e. The molecule has 14 nitrogen and oxygen atoms in total. The molecule has 13 N–H and O–H groups in total. The van der Waals surface area contributed by atoms with Gasteiger partial charge in [0.1, 0.15) is 6.04 Å². The Balaban J connectivity index is 0.00000167. The lowest BCUT2D eigenvalue weighted by Gasteiger charge is -2.15. The third kappa shape index (κ3) is 16.3. The van der Waals surface area contributed by atoms with Gasteiger partial charge in [0, 0.05) is 24.7 Å². The molecule has 1 aromatic rings. The minimum Gasteiger partial charge on any atom is -0.480 e. The zero-order chi connectivity index (χ0) is 24.4. The van der Waals surface area contributed by atoms with E-state index in [1.165, 1.54) is 0 Å². The van der Waals surface area contributed by atoms with Gasteiger partial charge in [-0.3, -0.25) is 24.6 Å². The van der Waals surface area contributed by atoms with Gasteiger partial charge >= 0.3 is 5.97 Å². The molecular formula is C17H32N10O4S. The maximum Gasteiger partial charge on any atom is 0.326 e. The summed E-state index contributed by atoms with van der Waals surface area (Å²) in [5.74, 6) is -2.52. The largest absolute Gasteiger partial charge is 0.480 e. The number of aliphatic carboxylic acids is 1. The highest BCUT2D eigenvalue weighted by molar-refractivity contribution is 7.07. The molecule has 0 spiro atoms. The van der Waals surface area contributed by atoms with Crippen LogP contribution in [-0.4, -0.2) is 71.5 Å². The monoisotopic (exact) mass is 472 g/mol. The van der Waals surface area contributed by atoms with Crippen molar-refractivity contribution in [1.82, 2.24) is 15.6 Å². The third-order valence-corrected chi connectivity index (χ3v) is 4.18. The Labute approximate surface area is 189 Å². The van der Waals surface area contributed by atoms with Crippen LogP contribution in [-0.2, 0) is 14.4 Å². The Morgan fingerprint density at radius 1 is 1.03 bits per heavy atom. The number of carboxylic acids is 1. The second-order valence-electron chi connectivity index (χ2n) is 6.36. The SMILES string of the molecule is NC(N)=NCCC[C@@H](N)C(=O)NCC(=O)N[C@@H](CCCN=C(N)N)C(=O)O.c1cscn1. The van der Waals surface area contributed by atoms with Gasteiger partial charge in [-0.25, -0.2) is 4.79 Å². The maximum atomic E-state index is 11.8. The summed E-state index contributed by atoms with van der Waals surface area (Å²) in [5, 5.41) is 15.7. The number of nitrogens with one attached hydrogen (secondary N) is 2. The van der Waals surface area contributed by atoms with Crippen molar-refractivity contribution in [3.8, 4) is 0 Å². The van der Waals surface area contributed by atoms with Gasteiger partial charge in [0.05, 0.1) is 18.1 Å². The molecule has 0 unspecified atom stereocenters. The van der Waals surface area contributed by atoms with Crippen LogP contribution in [0.25, 0.3) is 0 Å². The lowest BCUT2D eigenvalue weighted by Crippen LogP contribution is -2.48. The molecular weight excluding hydrogens is 440 g/mol. The molecule has 0 aromatic carbocycles. The first-order valence-electron chi connectivity index (χ1n) is 9.61. The van der Waals surface area contributed by atoms with Gasteiger partial charge in [-0.1, -0.05) is 0 Å². The number of guanidine groups is 2. The molecule has 0 saturated heterocycles. The molecule has 0 bridgehead atoms. The van der Waals surface area contributed by atoms with Gasteiger partial charge in [0.2, 0.25) is 11.8 Å². The molecule has 0 aliphatic rings. The van der Waals surface area contributed by atoms with Crippen LogP contribution in [0.5, 0.6) is 0 Å². The first-order valence-corrected chi connectivity index (χ1v) is 10.6. The van der Waals surface area contributed by atoms with E-state index >= 15 is 0 Å². The van der Waals surface area contributed by atoms with Gasteiger partial charge in [0.15, 0.2) is 11.9 Å². The first kappa shape index (κ1) is 28.5. The highest BCUT2D eigenvalue weighted by Gasteiger charge is 2.20. The third-order valence-electron chi connectivity index (χ3n) is 3.65. The van der Waals surface area contributed by atoms with Gasteiger partial charge in [-0.2, -0.15) is 0 Å². The van der Waals surface area contributed by atoms with Gasteiger partial charge < -0.3 is 44.4 Å². The van der Waals surface area contributed by atoms with Gasteiger partial charge in [-0.15, -0.1) is 11.3 Å². The molecule has 0 aliphatic heterocycles. The molecule has 0 saturated carbocycles. The van der Waals surface area contributed by atoms with E-state index < -0.39 is 36.4 Å². The van der Waals surface area contributed by atoms with Crippen molar-refractivity contribution < 1.29 is 19.5 Å². The number of nitrogens with two attached hydrogens (primary N) is 5. The Morgan fingerprint density at radius 2 is 1.62 bits per heavy atom. The highest BCUT2D eigenvalue weighted by Crippen LogP contribution is 1.99. The number of aliphatic imine (C=N–C) groups is 2. The van der Waals surface area contributed by atoms with Crippen molar-refractivity contribution in [2.24, 2.45) is 38.7 Å². The number of hydrogen-bond acceptors (Lipinski definition) is 8. The van der Waals surface area contributed by atoms with E-state index in [4.69, 9.17) is 33.8 Å². The molecule has 15 heteroatoms. The zero-order valence-electron chi connectivity index (χ0n) is 17.6. The quantitative estimate of drug-likeness (QED) is 0.0832. The van der Waals surface area contributed by atoms with Crippen LogP contribution in [0.4, 0.5) is 0 Å². The lowest BCUT2D eigenvalue weighted by atomic mass is 10.1. The van der Waals surface area contributed by atoms with Crippen LogP contribution in [0.1, 0.15) is 25.7 Å². The second kappa shape index (κ2) is 17.2. The fourth-order valence-electron chi connectivity index (χ4n) is 2.13. The van der Waals surface area contributed by atoms with Crippen molar-refractivity contribution in [2.45, 2.75) is 37.8 Å². The predicted octanol–water partition coefficient (Wildman–Crippen LogP) is -2.75. The molecule has 1 heterocycles. The number of rotatable bonds is 13. The number of carbonyl (C=O) groups is 3. The maximum absolute atomic E-state index is 11.8. The summed E-state index contributed by atoms with van der Waals surface area (Å²) in [6, 6.07) is -1.95. The Bertz CT molecular complexity index is 716. The van der Waals surface area contributed by atoms with Crippen LogP contribution in [0, 0.1) is 0 Å². The van der Waals surface area contributed by atoms with Crippen LogP contribution >= 0.6 is 11.3 Å². The Kier molecular flexibility index (Phi) is 15.4. The van der Waals surface area contributed by atoms with E-state index in [0.29, 0.717) is 25.8 Å². The normalized spacial score (nSPS) is 11.7. The van der Waals surface area contributed by atoms with Crippen molar-refractivity contribution in [1.29, 1.82) is 0 Å². The van der Waals surface area contributed by atoms with E-state index in [9.17, 15) is 14.4 Å². The van der Waals surface area contributed by atoms with Crippen molar-refractivity contribution >= 4 is 41.0 Å². The predicted molar refractivity (Wildman–Crippen MR) is 122 cm³/mol. The summed E-state index contributed by atoms with van der Waals surface area (Å²) in [7, 11) is 0. The summed E-state index contributed by atoms with van der Waals surface area (Å²) < 4.78 is 0. The van der Waals surface area contributed by atoms with Crippen molar-refractivity contribution in [2.75, 3.05) is 19.6 Å². The zero-order valence-corrected chi connectivity index (χ0v) is 18.5. The molecule has 0 radical (unpaired) electrons. The average molecular weight is 473 g/mol. The molecule has 2 amide bonds. The molecule has 0 fully saturated rings. The van der Waals surface area contributed by atoms with Crippen LogP contribution in [0.15, 0.2) is 27.1 Å². The van der Waals surface area contributed by atoms with E-state index in [0.717, 1.165) is 0 Å². The first-order chi connectivity index (χ1) is 15.1. The van der Waals surface area contributed by atoms with E-state index in [2.05, 4.69) is 25.6 Å². The lowest BCUT2D eigenvalue weighted by molar-refractivity contribution is -0.141. The standard InChI is InChI=1S/C14H29N9O4.C3H3NS/c15-8(3-1-5-20-13(16)17)11(25)22-7-10(24)23-9(12(26)27)4-2-6-21-14(18)19;1-2-5-3-4-1/h8-9H,1-7,15H2,(H,22,25)(H,23,24)(H,26,27)(H4,16,17,20)(H4,18,19,21);1-3H/t8-,9+;/m1./s1. The van der Waals surface area contributed by atoms with Gasteiger partial charge in [-0.05, 0) is 25.7 Å². The summed E-state index contributed by atoms with van der Waals surface area (Å²) in [6.07, 6.45) is 3.09. The minimum absolute atomic E-state index is 0.0454. The molecule has 0 aliphatic carbocycles. The number of aromatic nitrogens is 1. The molecule has 180 valence electrons. The Morgan fingerprint density at radius 3 is 2.06 bits per heavy atom. The summed E-state index contributed by atoms with van der Waals surface area (Å²) in [6.45, 7) is 0.190. The molecule has 2 atom stereocenters. The average Bonchev–Trinajstić information content (AvgIpc) is 3.31.